The zero-order valence-corrected chi connectivity index (χ0v) is 22.9. The van der Waals surface area contributed by atoms with Crippen LogP contribution in [0.1, 0.15) is 33.5 Å². The van der Waals surface area contributed by atoms with Crippen LogP contribution in [0.15, 0.2) is 36.4 Å². The number of aryl methyl sites for hydroxylation is 1. The summed E-state index contributed by atoms with van der Waals surface area (Å²) in [5.41, 5.74) is 7.59. The molecule has 2 heterocycles. The van der Waals surface area contributed by atoms with Crippen molar-refractivity contribution in [1.82, 2.24) is 10.2 Å². The highest BCUT2D eigenvalue weighted by atomic mass is 32.3. The van der Waals surface area contributed by atoms with Crippen molar-refractivity contribution in [2.45, 2.75) is 32.2 Å². The summed E-state index contributed by atoms with van der Waals surface area (Å²) >= 11 is 0. The Labute approximate surface area is 225 Å². The fourth-order valence-corrected chi connectivity index (χ4v) is 5.42. The molecule has 1 unspecified atom stereocenters. The number of carbonyl (C=O) groups is 1. The number of piperazine rings is 1. The predicted molar refractivity (Wildman–Crippen MR) is 148 cm³/mol. The summed E-state index contributed by atoms with van der Waals surface area (Å²) in [6.07, 6.45) is 2.94. The largest absolute Gasteiger partial charge is 0.394 e. The van der Waals surface area contributed by atoms with E-state index in [1.807, 2.05) is 12.1 Å². The molecule has 208 valence electrons. The lowest BCUT2D eigenvalue weighted by atomic mass is 9.84. The van der Waals surface area contributed by atoms with Crippen LogP contribution in [-0.2, 0) is 28.0 Å². The first-order valence-corrected chi connectivity index (χ1v) is 14.5. The predicted octanol–water partition coefficient (Wildman–Crippen LogP) is 2.22. The van der Waals surface area contributed by atoms with Crippen molar-refractivity contribution in [3.63, 3.8) is 0 Å². The number of benzene rings is 2. The summed E-state index contributed by atoms with van der Waals surface area (Å²) < 4.78 is 37.0. The highest BCUT2D eigenvalue weighted by Gasteiger charge is 2.27. The van der Waals surface area contributed by atoms with Crippen molar-refractivity contribution in [2.75, 3.05) is 69.3 Å². The lowest BCUT2D eigenvalue weighted by Crippen LogP contribution is -2.45. The van der Waals surface area contributed by atoms with Crippen LogP contribution in [0.2, 0.25) is 0 Å². The number of hydrogen-bond donors (Lipinski definition) is 3. The first-order valence-electron chi connectivity index (χ1n) is 13.1. The molecule has 0 bridgehead atoms. The second-order valence-corrected chi connectivity index (χ2v) is 11.1. The van der Waals surface area contributed by atoms with E-state index < -0.39 is 10.4 Å². The van der Waals surface area contributed by atoms with Gasteiger partial charge in [0, 0.05) is 62.2 Å². The summed E-state index contributed by atoms with van der Waals surface area (Å²) in [5.74, 6) is 0.0331. The molecule has 0 spiro atoms. The van der Waals surface area contributed by atoms with Crippen LogP contribution in [0.5, 0.6) is 0 Å². The van der Waals surface area contributed by atoms with Crippen molar-refractivity contribution in [1.29, 1.82) is 0 Å². The lowest BCUT2D eigenvalue weighted by molar-refractivity contribution is 0.0933. The number of hydrogen-bond acceptors (Lipinski definition) is 7. The fourth-order valence-electron chi connectivity index (χ4n) is 5.42. The molecule has 3 N–H and O–H groups in total. The molecule has 0 aromatic heterocycles. The summed E-state index contributed by atoms with van der Waals surface area (Å²) in [5, 5.41) is 3.33. The molecular formula is C27H38N4O6S. The van der Waals surface area contributed by atoms with Crippen LogP contribution in [-0.4, -0.2) is 93.9 Å². The quantitative estimate of drug-likeness (QED) is 0.496. The van der Waals surface area contributed by atoms with Crippen molar-refractivity contribution >= 4 is 27.7 Å². The van der Waals surface area contributed by atoms with E-state index in [-0.39, 0.29) is 11.9 Å². The Balaban J connectivity index is 0.000000617. The maximum absolute atomic E-state index is 13.0. The van der Waals surface area contributed by atoms with Crippen molar-refractivity contribution in [2.24, 2.45) is 0 Å². The number of rotatable bonds is 4. The van der Waals surface area contributed by atoms with E-state index in [1.54, 1.807) is 0 Å². The Bertz CT molecular complexity index is 1200. The Kier molecular flexibility index (Phi) is 9.27. The van der Waals surface area contributed by atoms with Gasteiger partial charge in [0.05, 0.1) is 13.2 Å². The van der Waals surface area contributed by atoms with Crippen LogP contribution < -0.4 is 15.1 Å². The first kappa shape index (κ1) is 28.3. The van der Waals surface area contributed by atoms with E-state index in [9.17, 15) is 4.79 Å². The SMILES string of the molecule is Cc1ccc(N2CCN(C)CC2)c2c1CCC(NC(=O)c1ccc(N3CCOCC3)cc1)C2.O=S(=O)(O)O. The number of nitrogens with one attached hydrogen (secondary N) is 1. The zero-order chi connectivity index (χ0) is 27.3. The van der Waals surface area contributed by atoms with Gasteiger partial charge in [0.2, 0.25) is 0 Å². The maximum atomic E-state index is 13.0. The summed E-state index contributed by atoms with van der Waals surface area (Å²) in [4.78, 5) is 20.3. The van der Waals surface area contributed by atoms with Gasteiger partial charge in [-0.25, -0.2) is 0 Å². The number of ether oxygens (including phenoxy) is 1. The third kappa shape index (κ3) is 7.67. The van der Waals surface area contributed by atoms with Gasteiger partial charge in [0.1, 0.15) is 0 Å². The van der Waals surface area contributed by atoms with Crippen LogP contribution in [0.25, 0.3) is 0 Å². The molecule has 5 rings (SSSR count). The Morgan fingerprint density at radius 1 is 0.921 bits per heavy atom. The van der Waals surface area contributed by atoms with Gasteiger partial charge < -0.3 is 24.8 Å². The molecule has 38 heavy (non-hydrogen) atoms. The topological polar surface area (TPSA) is 123 Å². The number of nitrogens with zero attached hydrogens (tertiary/aromatic N) is 3. The number of amides is 1. The normalized spacial score (nSPS) is 20.3. The average Bonchev–Trinajstić information content (AvgIpc) is 2.89. The van der Waals surface area contributed by atoms with E-state index in [2.05, 4.69) is 58.3 Å². The van der Waals surface area contributed by atoms with Gasteiger partial charge in [-0.1, -0.05) is 6.07 Å². The molecule has 1 aliphatic carbocycles. The van der Waals surface area contributed by atoms with Gasteiger partial charge in [-0.2, -0.15) is 8.42 Å². The molecule has 0 radical (unpaired) electrons. The summed E-state index contributed by atoms with van der Waals surface area (Å²) in [6, 6.07) is 12.8. The van der Waals surface area contributed by atoms with E-state index in [4.69, 9.17) is 22.3 Å². The number of morpholine rings is 1. The van der Waals surface area contributed by atoms with Crippen LogP contribution in [0, 0.1) is 6.92 Å². The van der Waals surface area contributed by atoms with Gasteiger partial charge in [-0.05, 0) is 80.3 Å². The summed E-state index contributed by atoms with van der Waals surface area (Å²) in [6.45, 7) is 9.90. The lowest BCUT2D eigenvalue weighted by Gasteiger charge is -2.37. The first-order chi connectivity index (χ1) is 18.1. The standard InChI is InChI=1S/C27H36N4O2.H2O4S/c1-20-3-10-26(31-13-11-29(2)12-14-31)25-19-22(6-9-24(20)25)28-27(32)21-4-7-23(8-5-21)30-15-17-33-18-16-30;1-5(2,3)4/h3-5,7-8,10,22H,6,9,11-19H2,1-2H3,(H,28,32);(H2,1,2,3,4). The van der Waals surface area contributed by atoms with E-state index in [0.717, 1.165) is 83.0 Å². The molecule has 10 nitrogen and oxygen atoms in total. The molecule has 2 aromatic carbocycles. The number of likely N-dealkylation sites (N-methyl/N-ethyl adjacent to an activating group) is 1. The molecule has 11 heteroatoms. The number of carbonyl (C=O) groups excluding carboxylic acids is 1. The Morgan fingerprint density at radius 3 is 2.18 bits per heavy atom. The zero-order valence-electron chi connectivity index (χ0n) is 22.1. The van der Waals surface area contributed by atoms with E-state index in [0.29, 0.717) is 0 Å². The monoisotopic (exact) mass is 546 g/mol. The van der Waals surface area contributed by atoms with Gasteiger partial charge in [0.25, 0.3) is 5.91 Å². The van der Waals surface area contributed by atoms with Crippen LogP contribution in [0.3, 0.4) is 0 Å². The minimum absolute atomic E-state index is 0.0331. The number of anilines is 2. The van der Waals surface area contributed by atoms with Crippen LogP contribution in [0.4, 0.5) is 11.4 Å². The second kappa shape index (κ2) is 12.4. The highest BCUT2D eigenvalue weighted by molar-refractivity contribution is 7.79. The summed E-state index contributed by atoms with van der Waals surface area (Å²) in [7, 11) is -2.47. The Morgan fingerprint density at radius 2 is 1.55 bits per heavy atom. The molecular weight excluding hydrogens is 508 g/mol. The van der Waals surface area contributed by atoms with Gasteiger partial charge >= 0.3 is 10.4 Å². The highest BCUT2D eigenvalue weighted by Crippen LogP contribution is 2.33. The van der Waals surface area contributed by atoms with Crippen molar-refractivity contribution in [3.05, 3.63) is 58.7 Å². The molecule has 1 atom stereocenters. The Hall–Kier alpha value is -2.70. The fraction of sp³-hybridized carbons (Fsp3) is 0.519. The van der Waals surface area contributed by atoms with Crippen molar-refractivity contribution in [3.8, 4) is 0 Å². The molecule has 2 aromatic rings. The second-order valence-electron chi connectivity index (χ2n) is 10.2. The van der Waals surface area contributed by atoms with E-state index in [1.165, 1.54) is 22.4 Å². The van der Waals surface area contributed by atoms with Gasteiger partial charge in [-0.15, -0.1) is 0 Å². The molecule has 3 aliphatic rings. The number of fused-ring (bicyclic) bond motifs is 1. The minimum Gasteiger partial charge on any atom is -0.378 e. The third-order valence-electron chi connectivity index (χ3n) is 7.52. The van der Waals surface area contributed by atoms with Gasteiger partial charge in [0.15, 0.2) is 0 Å². The van der Waals surface area contributed by atoms with Crippen LogP contribution >= 0.6 is 0 Å². The maximum Gasteiger partial charge on any atom is 0.394 e. The molecule has 2 saturated heterocycles. The molecule has 2 aliphatic heterocycles. The average molecular weight is 547 g/mol. The minimum atomic E-state index is -4.67. The van der Waals surface area contributed by atoms with Crippen molar-refractivity contribution < 1.29 is 27.1 Å². The third-order valence-corrected chi connectivity index (χ3v) is 7.52. The molecule has 0 saturated carbocycles. The smallest absolute Gasteiger partial charge is 0.378 e. The molecule has 1 amide bonds. The molecule has 2 fully saturated rings. The van der Waals surface area contributed by atoms with E-state index >= 15 is 0 Å². The van der Waals surface area contributed by atoms with Gasteiger partial charge in [-0.3, -0.25) is 13.9 Å².